The van der Waals surface area contributed by atoms with Crippen LogP contribution >= 0.6 is 34.8 Å². The van der Waals surface area contributed by atoms with Gasteiger partial charge in [-0.2, -0.15) is 4.98 Å². The Hall–Kier alpha value is -3.33. The zero-order valence-electron chi connectivity index (χ0n) is 20.1. The van der Waals surface area contributed by atoms with Gasteiger partial charge in [-0.3, -0.25) is 4.79 Å². The number of aromatic nitrogens is 3. The molecule has 0 aliphatic heterocycles. The third-order valence-corrected chi connectivity index (χ3v) is 7.39. The molecule has 1 aliphatic carbocycles. The van der Waals surface area contributed by atoms with Crippen LogP contribution in [0.4, 0.5) is 10.1 Å². The Morgan fingerprint density at radius 2 is 1.89 bits per heavy atom. The fourth-order valence-corrected chi connectivity index (χ4v) is 4.28. The number of nitrogens with zero attached hydrogens (tertiary/aromatic N) is 3. The van der Waals surface area contributed by atoms with Crippen LogP contribution in [0.15, 0.2) is 66.7 Å². The highest BCUT2D eigenvalue weighted by atomic mass is 35.5. The predicted octanol–water partition coefficient (Wildman–Crippen LogP) is 6.53. The summed E-state index contributed by atoms with van der Waals surface area (Å²) in [7, 11) is 1.62. The van der Waals surface area contributed by atoms with E-state index in [2.05, 4.69) is 15.4 Å². The Morgan fingerprint density at radius 3 is 2.58 bits per heavy atom. The average Bonchev–Trinajstić information content (AvgIpc) is 3.33. The van der Waals surface area contributed by atoms with E-state index in [9.17, 15) is 9.18 Å². The largest absolute Gasteiger partial charge is 0.497 e. The molecule has 1 fully saturated rings. The first-order chi connectivity index (χ1) is 18.3. The van der Waals surface area contributed by atoms with Crippen LogP contribution in [0.1, 0.15) is 12.0 Å². The maximum atomic E-state index is 13.6. The van der Waals surface area contributed by atoms with Gasteiger partial charge in [0.15, 0.2) is 10.7 Å². The van der Waals surface area contributed by atoms with E-state index < -0.39 is 17.0 Å². The zero-order valence-corrected chi connectivity index (χ0v) is 22.4. The van der Waals surface area contributed by atoms with Gasteiger partial charge in [-0.25, -0.2) is 9.07 Å². The van der Waals surface area contributed by atoms with Gasteiger partial charge in [-0.1, -0.05) is 41.4 Å². The molecular weight excluding hydrogens is 554 g/mol. The highest BCUT2D eigenvalue weighted by Crippen LogP contribution is 2.46. The van der Waals surface area contributed by atoms with Gasteiger partial charge in [0.2, 0.25) is 5.91 Å². The molecule has 5 rings (SSSR count). The number of hydrogen-bond acceptors (Lipinski definition) is 5. The molecule has 1 aliphatic rings. The molecule has 1 aromatic heterocycles. The van der Waals surface area contributed by atoms with Crippen LogP contribution in [0, 0.1) is 0 Å². The number of amides is 1. The molecule has 0 saturated heterocycles. The molecule has 3 aromatic carbocycles. The van der Waals surface area contributed by atoms with Gasteiger partial charge in [0.1, 0.15) is 11.9 Å². The van der Waals surface area contributed by atoms with Crippen LogP contribution in [0.2, 0.25) is 10.0 Å². The zero-order chi connectivity index (χ0) is 26.9. The standard InChI is InChI=1S/C27H22Cl3FN4O3/c1-37-20-8-5-16(6-9-20)11-12-38-26-33-24(17-7-10-21(28)22(29)13-17)35(34-26)19-4-2-3-18(14-19)32-25(36)27(30)15-23(27)31/h2-10,13-14,23H,11-12,15H2,1H3,(H,32,36)/t23-,27-/m1/s1. The van der Waals surface area contributed by atoms with Crippen LogP contribution in [0.25, 0.3) is 17.1 Å². The van der Waals surface area contributed by atoms with Gasteiger partial charge in [0.25, 0.3) is 0 Å². The summed E-state index contributed by atoms with van der Waals surface area (Å²) in [5.74, 6) is 0.642. The van der Waals surface area contributed by atoms with E-state index in [1.807, 2.05) is 24.3 Å². The highest BCUT2D eigenvalue weighted by Gasteiger charge is 2.60. The molecule has 1 amide bonds. The molecule has 38 heavy (non-hydrogen) atoms. The average molecular weight is 576 g/mol. The van der Waals surface area contributed by atoms with Crippen molar-refractivity contribution in [1.29, 1.82) is 0 Å². The number of ether oxygens (including phenoxy) is 2. The summed E-state index contributed by atoms with van der Waals surface area (Å²) in [6.07, 6.45) is -0.735. The lowest BCUT2D eigenvalue weighted by atomic mass is 10.1. The van der Waals surface area contributed by atoms with Crippen molar-refractivity contribution in [3.8, 4) is 28.8 Å². The SMILES string of the molecule is COc1ccc(CCOc2nc(-c3ccc(Cl)c(Cl)c3)n(-c3cccc(NC(=O)[C@@]4(Cl)C[C@H]4F)c3)n2)cc1. The number of nitrogens with one attached hydrogen (secondary N) is 1. The number of benzene rings is 3. The summed E-state index contributed by atoms with van der Waals surface area (Å²) >= 11 is 18.4. The molecule has 11 heteroatoms. The van der Waals surface area contributed by atoms with Crippen molar-refractivity contribution in [2.45, 2.75) is 23.9 Å². The lowest BCUT2D eigenvalue weighted by Crippen LogP contribution is -2.27. The number of halogens is 4. The second-order valence-electron chi connectivity index (χ2n) is 8.74. The summed E-state index contributed by atoms with van der Waals surface area (Å²) in [4.78, 5) is 15.5. The molecular formula is C27H22Cl3FN4O3. The number of methoxy groups -OCH3 is 1. The summed E-state index contributed by atoms with van der Waals surface area (Å²) in [6.45, 7) is 0.343. The van der Waals surface area contributed by atoms with Gasteiger partial charge >= 0.3 is 6.01 Å². The first-order valence-electron chi connectivity index (χ1n) is 11.7. The van der Waals surface area contributed by atoms with Crippen LogP contribution in [-0.4, -0.2) is 45.4 Å². The fraction of sp³-hybridized carbons (Fsp3) is 0.222. The van der Waals surface area contributed by atoms with E-state index in [1.54, 1.807) is 54.3 Å². The van der Waals surface area contributed by atoms with E-state index >= 15 is 0 Å². The minimum atomic E-state index is -1.51. The second kappa shape index (κ2) is 10.8. The van der Waals surface area contributed by atoms with E-state index in [4.69, 9.17) is 44.3 Å². The van der Waals surface area contributed by atoms with Crippen LogP contribution in [0.5, 0.6) is 11.8 Å². The topological polar surface area (TPSA) is 78.3 Å². The van der Waals surface area contributed by atoms with Crippen molar-refractivity contribution in [3.63, 3.8) is 0 Å². The number of rotatable bonds is 9. The maximum absolute atomic E-state index is 13.6. The number of carbonyl (C=O) groups is 1. The smallest absolute Gasteiger partial charge is 0.336 e. The lowest BCUT2D eigenvalue weighted by Gasteiger charge is -2.11. The summed E-state index contributed by atoms with van der Waals surface area (Å²) in [5.41, 5.74) is 2.74. The number of anilines is 1. The molecule has 1 N–H and O–H groups in total. The number of carbonyl (C=O) groups excluding carboxylic acids is 1. The maximum Gasteiger partial charge on any atom is 0.336 e. The molecule has 0 radical (unpaired) electrons. The molecule has 2 atom stereocenters. The fourth-order valence-electron chi connectivity index (χ4n) is 3.80. The van der Waals surface area contributed by atoms with Crippen molar-refractivity contribution in [1.82, 2.24) is 14.8 Å². The van der Waals surface area contributed by atoms with E-state index in [-0.39, 0.29) is 12.4 Å². The van der Waals surface area contributed by atoms with Crippen molar-refractivity contribution < 1.29 is 18.7 Å². The Bertz CT molecular complexity index is 1480. The van der Waals surface area contributed by atoms with Crippen LogP contribution < -0.4 is 14.8 Å². The van der Waals surface area contributed by atoms with Gasteiger partial charge in [-0.05, 0) is 54.1 Å². The first-order valence-corrected chi connectivity index (χ1v) is 12.8. The molecule has 7 nitrogen and oxygen atoms in total. The highest BCUT2D eigenvalue weighted by molar-refractivity contribution is 6.42. The summed E-state index contributed by atoms with van der Waals surface area (Å²) in [5, 5.41) is 7.99. The molecule has 4 aromatic rings. The third kappa shape index (κ3) is 5.57. The predicted molar refractivity (Wildman–Crippen MR) is 146 cm³/mol. The number of hydrogen-bond donors (Lipinski definition) is 1. The van der Waals surface area contributed by atoms with E-state index in [0.29, 0.717) is 45.8 Å². The molecule has 0 bridgehead atoms. The second-order valence-corrected chi connectivity index (χ2v) is 10.2. The van der Waals surface area contributed by atoms with Crippen molar-refractivity contribution in [2.24, 2.45) is 0 Å². The monoisotopic (exact) mass is 574 g/mol. The molecule has 0 spiro atoms. The van der Waals surface area contributed by atoms with Crippen molar-refractivity contribution in [3.05, 3.63) is 82.3 Å². The minimum absolute atomic E-state index is 0.0120. The summed E-state index contributed by atoms with van der Waals surface area (Å²) < 4.78 is 26.2. The Kier molecular flexibility index (Phi) is 7.47. The van der Waals surface area contributed by atoms with E-state index in [1.165, 1.54) is 0 Å². The lowest BCUT2D eigenvalue weighted by molar-refractivity contribution is -0.116. The van der Waals surface area contributed by atoms with Crippen molar-refractivity contribution in [2.75, 3.05) is 19.0 Å². The Morgan fingerprint density at radius 1 is 1.13 bits per heavy atom. The molecule has 1 saturated carbocycles. The Labute approximate surface area is 233 Å². The van der Waals surface area contributed by atoms with Gasteiger partial charge in [0.05, 0.1) is 29.4 Å². The molecule has 1 heterocycles. The van der Waals surface area contributed by atoms with Crippen LogP contribution in [0.3, 0.4) is 0 Å². The van der Waals surface area contributed by atoms with Crippen LogP contribution in [-0.2, 0) is 11.2 Å². The summed E-state index contributed by atoms with van der Waals surface area (Å²) in [6, 6.07) is 19.9. The molecule has 0 unspecified atom stereocenters. The quantitative estimate of drug-likeness (QED) is 0.230. The normalized spacial score (nSPS) is 18.2. The van der Waals surface area contributed by atoms with Gasteiger partial charge in [0, 0.05) is 24.1 Å². The minimum Gasteiger partial charge on any atom is -0.497 e. The van der Waals surface area contributed by atoms with E-state index in [0.717, 1.165) is 11.3 Å². The van der Waals surface area contributed by atoms with Crippen molar-refractivity contribution >= 4 is 46.4 Å². The Balaban J connectivity index is 1.41. The molecule has 196 valence electrons. The van der Waals surface area contributed by atoms with Gasteiger partial charge in [-0.15, -0.1) is 16.7 Å². The number of alkyl halides is 2. The third-order valence-electron chi connectivity index (χ3n) is 6.09. The first kappa shape index (κ1) is 26.3. The van der Waals surface area contributed by atoms with Gasteiger partial charge < -0.3 is 14.8 Å².